The van der Waals surface area contributed by atoms with Gasteiger partial charge in [-0.15, -0.1) is 0 Å². The first kappa shape index (κ1) is 15.2. The van der Waals surface area contributed by atoms with Crippen LogP contribution in [0.1, 0.15) is 32.6 Å². The Morgan fingerprint density at radius 3 is 2.84 bits per heavy atom. The van der Waals surface area contributed by atoms with E-state index in [1.165, 1.54) is 38.8 Å². The Morgan fingerprint density at radius 1 is 1.37 bits per heavy atom. The Labute approximate surface area is 118 Å². The molecule has 2 aliphatic heterocycles. The fourth-order valence-electron chi connectivity index (χ4n) is 3.79. The van der Waals surface area contributed by atoms with E-state index in [9.17, 15) is 0 Å². The molecule has 0 aliphatic carbocycles. The summed E-state index contributed by atoms with van der Waals surface area (Å²) in [6.07, 6.45) is 5.16. The highest BCUT2D eigenvalue weighted by Crippen LogP contribution is 2.23. The predicted octanol–water partition coefficient (Wildman–Crippen LogP) is 1.16. The number of nitrogens with zero attached hydrogens (tertiary/aromatic N) is 2. The maximum absolute atomic E-state index is 6.04. The van der Waals surface area contributed by atoms with Crippen molar-refractivity contribution in [2.75, 3.05) is 46.4 Å². The van der Waals surface area contributed by atoms with Crippen LogP contribution in [-0.4, -0.2) is 68.3 Å². The zero-order valence-electron chi connectivity index (χ0n) is 12.7. The number of ether oxygens (including phenoxy) is 1. The minimum atomic E-state index is 0.486. The summed E-state index contributed by atoms with van der Waals surface area (Å²) in [6.45, 7) is 8.47. The highest BCUT2D eigenvalue weighted by atomic mass is 16.5. The third-order valence-electron chi connectivity index (χ3n) is 4.95. The van der Waals surface area contributed by atoms with Crippen molar-refractivity contribution in [1.82, 2.24) is 9.80 Å². The second kappa shape index (κ2) is 7.58. The van der Waals surface area contributed by atoms with Crippen LogP contribution in [0.2, 0.25) is 0 Å². The molecule has 19 heavy (non-hydrogen) atoms. The first-order chi connectivity index (χ1) is 9.26. The number of hydrogen-bond donors (Lipinski definition) is 1. The van der Waals surface area contributed by atoms with E-state index in [1.54, 1.807) is 0 Å². The lowest BCUT2D eigenvalue weighted by Crippen LogP contribution is -2.50. The van der Waals surface area contributed by atoms with Crippen LogP contribution in [0.4, 0.5) is 0 Å². The van der Waals surface area contributed by atoms with E-state index in [4.69, 9.17) is 10.5 Å². The molecule has 0 spiro atoms. The van der Waals surface area contributed by atoms with Gasteiger partial charge >= 0.3 is 0 Å². The third-order valence-corrected chi connectivity index (χ3v) is 4.95. The Balaban J connectivity index is 1.86. The number of rotatable bonds is 6. The predicted molar refractivity (Wildman–Crippen MR) is 79.3 cm³/mol. The molecule has 2 N–H and O–H groups in total. The first-order valence-corrected chi connectivity index (χ1v) is 7.98. The van der Waals surface area contributed by atoms with Gasteiger partial charge < -0.3 is 15.4 Å². The molecule has 2 rings (SSSR count). The normalized spacial score (nSPS) is 30.9. The Morgan fingerprint density at radius 2 is 2.21 bits per heavy atom. The summed E-state index contributed by atoms with van der Waals surface area (Å²) in [5.41, 5.74) is 6.04. The second-order valence-electron chi connectivity index (χ2n) is 6.14. The van der Waals surface area contributed by atoms with Crippen LogP contribution in [0.5, 0.6) is 0 Å². The minimum absolute atomic E-state index is 0.486. The summed E-state index contributed by atoms with van der Waals surface area (Å²) >= 11 is 0. The molecule has 2 heterocycles. The SMILES string of the molecule is CCN1CCCC1CN(C)C(CN)C1CCCOC1. The molecule has 3 unspecified atom stereocenters. The zero-order valence-corrected chi connectivity index (χ0v) is 12.7. The Kier molecular flexibility index (Phi) is 6.07. The number of nitrogens with two attached hydrogens (primary N) is 1. The van der Waals surface area contributed by atoms with Crippen molar-refractivity contribution in [3.63, 3.8) is 0 Å². The first-order valence-electron chi connectivity index (χ1n) is 7.98. The molecule has 0 aromatic carbocycles. The van der Waals surface area contributed by atoms with Gasteiger partial charge in [-0.3, -0.25) is 4.90 Å². The number of hydrogen-bond acceptors (Lipinski definition) is 4. The summed E-state index contributed by atoms with van der Waals surface area (Å²) < 4.78 is 5.63. The maximum Gasteiger partial charge on any atom is 0.0509 e. The van der Waals surface area contributed by atoms with Crippen LogP contribution in [0.3, 0.4) is 0 Å². The average molecular weight is 269 g/mol. The standard InChI is InChI=1S/C15H31N3O/c1-3-18-8-4-7-14(18)11-17(2)15(10-16)13-6-5-9-19-12-13/h13-15H,3-12,16H2,1-2H3. The lowest BCUT2D eigenvalue weighted by Gasteiger charge is -2.38. The molecule has 0 aromatic rings. The van der Waals surface area contributed by atoms with Gasteiger partial charge in [-0.1, -0.05) is 6.92 Å². The summed E-state index contributed by atoms with van der Waals surface area (Å²) in [4.78, 5) is 5.11. The molecule has 112 valence electrons. The van der Waals surface area contributed by atoms with Gasteiger partial charge in [-0.05, 0) is 51.7 Å². The lowest BCUT2D eigenvalue weighted by atomic mass is 9.92. The molecule has 3 atom stereocenters. The summed E-state index contributed by atoms with van der Waals surface area (Å²) in [5, 5.41) is 0. The molecule has 2 aliphatic rings. The van der Waals surface area contributed by atoms with Gasteiger partial charge in [-0.2, -0.15) is 0 Å². The summed E-state index contributed by atoms with van der Waals surface area (Å²) in [7, 11) is 2.25. The molecule has 4 nitrogen and oxygen atoms in total. The summed E-state index contributed by atoms with van der Waals surface area (Å²) in [5.74, 6) is 0.625. The Hall–Kier alpha value is -0.160. The topological polar surface area (TPSA) is 41.7 Å². The molecule has 2 fully saturated rings. The second-order valence-corrected chi connectivity index (χ2v) is 6.14. The molecular formula is C15H31N3O. The summed E-state index contributed by atoms with van der Waals surface area (Å²) in [6, 6.07) is 1.22. The molecule has 0 bridgehead atoms. The fraction of sp³-hybridized carbons (Fsp3) is 1.00. The van der Waals surface area contributed by atoms with E-state index in [-0.39, 0.29) is 0 Å². The highest BCUT2D eigenvalue weighted by molar-refractivity contribution is 4.86. The van der Waals surface area contributed by atoms with Crippen molar-refractivity contribution in [2.24, 2.45) is 11.7 Å². The molecule has 0 saturated carbocycles. The lowest BCUT2D eigenvalue weighted by molar-refractivity contribution is 0.0127. The van der Waals surface area contributed by atoms with Gasteiger partial charge in [0.1, 0.15) is 0 Å². The van der Waals surface area contributed by atoms with Crippen molar-refractivity contribution in [2.45, 2.75) is 44.7 Å². The molecular weight excluding hydrogens is 238 g/mol. The van der Waals surface area contributed by atoms with Crippen LogP contribution in [0.25, 0.3) is 0 Å². The molecule has 2 saturated heterocycles. The van der Waals surface area contributed by atoms with Crippen molar-refractivity contribution < 1.29 is 4.74 Å². The van der Waals surface area contributed by atoms with E-state index >= 15 is 0 Å². The molecule has 0 radical (unpaired) electrons. The van der Waals surface area contributed by atoms with Crippen LogP contribution < -0.4 is 5.73 Å². The number of likely N-dealkylation sites (N-methyl/N-ethyl adjacent to an activating group) is 2. The maximum atomic E-state index is 6.04. The van der Waals surface area contributed by atoms with Gasteiger partial charge in [0, 0.05) is 31.8 Å². The monoisotopic (exact) mass is 269 g/mol. The van der Waals surface area contributed by atoms with Crippen LogP contribution in [0.15, 0.2) is 0 Å². The van der Waals surface area contributed by atoms with Gasteiger partial charge in [0.05, 0.1) is 6.61 Å². The largest absolute Gasteiger partial charge is 0.381 e. The average Bonchev–Trinajstić information content (AvgIpc) is 2.88. The highest BCUT2D eigenvalue weighted by Gasteiger charge is 2.30. The van der Waals surface area contributed by atoms with Crippen LogP contribution >= 0.6 is 0 Å². The van der Waals surface area contributed by atoms with Crippen molar-refractivity contribution in [3.8, 4) is 0 Å². The fourth-order valence-corrected chi connectivity index (χ4v) is 3.79. The van der Waals surface area contributed by atoms with Gasteiger partial charge in [0.15, 0.2) is 0 Å². The van der Waals surface area contributed by atoms with E-state index in [2.05, 4.69) is 23.8 Å². The van der Waals surface area contributed by atoms with E-state index < -0.39 is 0 Å². The quantitative estimate of drug-likeness (QED) is 0.785. The molecule has 0 amide bonds. The van der Waals surface area contributed by atoms with E-state index in [0.29, 0.717) is 12.0 Å². The van der Waals surface area contributed by atoms with Crippen molar-refractivity contribution in [1.29, 1.82) is 0 Å². The van der Waals surface area contributed by atoms with Crippen molar-refractivity contribution in [3.05, 3.63) is 0 Å². The third kappa shape index (κ3) is 3.91. The number of likely N-dealkylation sites (tertiary alicyclic amines) is 1. The van der Waals surface area contributed by atoms with E-state index in [0.717, 1.165) is 32.3 Å². The van der Waals surface area contributed by atoms with Gasteiger partial charge in [-0.25, -0.2) is 0 Å². The van der Waals surface area contributed by atoms with Crippen LogP contribution in [0, 0.1) is 5.92 Å². The van der Waals surface area contributed by atoms with Crippen LogP contribution in [-0.2, 0) is 4.74 Å². The smallest absolute Gasteiger partial charge is 0.0509 e. The Bertz CT molecular complexity index is 256. The molecule has 4 heteroatoms. The minimum Gasteiger partial charge on any atom is -0.381 e. The zero-order chi connectivity index (χ0) is 13.7. The van der Waals surface area contributed by atoms with E-state index in [1.807, 2.05) is 0 Å². The molecule has 0 aromatic heterocycles. The van der Waals surface area contributed by atoms with Crippen molar-refractivity contribution >= 4 is 0 Å². The van der Waals surface area contributed by atoms with Gasteiger partial charge in [0.25, 0.3) is 0 Å². The van der Waals surface area contributed by atoms with Gasteiger partial charge in [0.2, 0.25) is 0 Å².